The number of fused-ring (bicyclic) bond motifs is 1. The van der Waals surface area contributed by atoms with Gasteiger partial charge in [0, 0.05) is 32.1 Å². The monoisotopic (exact) mass is 244 g/mol. The number of hydrogen-bond donors (Lipinski definition) is 1. The average Bonchev–Trinajstić information content (AvgIpc) is 2.38. The van der Waals surface area contributed by atoms with Crippen molar-refractivity contribution in [1.29, 1.82) is 0 Å². The zero-order chi connectivity index (χ0) is 13.0. The first-order chi connectivity index (χ1) is 8.70. The molecule has 2 rings (SSSR count). The Balaban J connectivity index is 2.08. The van der Waals surface area contributed by atoms with Gasteiger partial charge in [0.25, 0.3) is 0 Å². The minimum absolute atomic E-state index is 0.606. The fourth-order valence-corrected chi connectivity index (χ4v) is 2.75. The second kappa shape index (κ2) is 6.17. The highest BCUT2D eigenvalue weighted by atomic mass is 15.1. The molecule has 0 saturated carbocycles. The van der Waals surface area contributed by atoms with Crippen LogP contribution in [0.25, 0.3) is 0 Å². The largest absolute Gasteiger partial charge is 0.312 e. The lowest BCUT2D eigenvalue weighted by atomic mass is 9.90. The maximum absolute atomic E-state index is 4.02. The molecule has 1 unspecified atom stereocenters. The maximum atomic E-state index is 4.02. The highest BCUT2D eigenvalue weighted by Gasteiger charge is 2.21. The summed E-state index contributed by atoms with van der Waals surface area (Å²) in [7, 11) is 0. The summed E-state index contributed by atoms with van der Waals surface area (Å²) in [6, 6.07) is 8.82. The van der Waals surface area contributed by atoms with Crippen LogP contribution in [0.3, 0.4) is 0 Å². The van der Waals surface area contributed by atoms with Gasteiger partial charge in [0.15, 0.2) is 0 Å². The van der Waals surface area contributed by atoms with Gasteiger partial charge in [0.05, 0.1) is 0 Å². The summed E-state index contributed by atoms with van der Waals surface area (Å²) in [4.78, 5) is 2.48. The standard InChI is InChI=1S/C16H24N2/c1-4-18(11-13(2)3)12-15-10-17-9-14-7-5-6-8-16(14)15/h5-8,15,17H,2,4,9-12H2,1,3H3. The van der Waals surface area contributed by atoms with Crippen LogP contribution >= 0.6 is 0 Å². The SMILES string of the molecule is C=C(C)CN(CC)CC1CNCc2ccccc21. The fourth-order valence-electron chi connectivity index (χ4n) is 2.75. The van der Waals surface area contributed by atoms with E-state index < -0.39 is 0 Å². The van der Waals surface area contributed by atoms with E-state index in [1.54, 1.807) is 0 Å². The molecule has 1 aliphatic rings. The van der Waals surface area contributed by atoms with Crippen molar-refractivity contribution in [3.63, 3.8) is 0 Å². The second-order valence-corrected chi connectivity index (χ2v) is 5.31. The van der Waals surface area contributed by atoms with E-state index in [-0.39, 0.29) is 0 Å². The summed E-state index contributed by atoms with van der Waals surface area (Å²) in [5, 5.41) is 3.52. The third kappa shape index (κ3) is 3.21. The molecule has 0 fully saturated rings. The van der Waals surface area contributed by atoms with Gasteiger partial charge in [0.2, 0.25) is 0 Å². The predicted molar refractivity (Wildman–Crippen MR) is 77.8 cm³/mol. The molecule has 0 aliphatic carbocycles. The molecule has 1 atom stereocenters. The topological polar surface area (TPSA) is 15.3 Å². The lowest BCUT2D eigenvalue weighted by molar-refractivity contribution is 0.282. The normalized spacial score (nSPS) is 18.7. The Hall–Kier alpha value is -1.12. The molecule has 1 aromatic rings. The molecule has 0 spiro atoms. The van der Waals surface area contributed by atoms with E-state index in [1.165, 1.54) is 16.7 Å². The molecule has 18 heavy (non-hydrogen) atoms. The Kier molecular flexibility index (Phi) is 4.56. The van der Waals surface area contributed by atoms with Crippen LogP contribution in [0, 0.1) is 0 Å². The van der Waals surface area contributed by atoms with E-state index in [0.29, 0.717) is 5.92 Å². The minimum atomic E-state index is 0.606. The highest BCUT2D eigenvalue weighted by Crippen LogP contribution is 2.24. The number of rotatable bonds is 5. The summed E-state index contributed by atoms with van der Waals surface area (Å²) in [6.45, 7) is 13.7. The zero-order valence-electron chi connectivity index (χ0n) is 11.6. The molecular weight excluding hydrogens is 220 g/mol. The van der Waals surface area contributed by atoms with Gasteiger partial charge in [-0.2, -0.15) is 0 Å². The Morgan fingerprint density at radius 2 is 2.22 bits per heavy atom. The lowest BCUT2D eigenvalue weighted by Crippen LogP contribution is -2.37. The molecule has 0 amide bonds. The molecule has 0 saturated heterocycles. The molecular formula is C16H24N2. The second-order valence-electron chi connectivity index (χ2n) is 5.31. The molecule has 1 aromatic carbocycles. The first-order valence-corrected chi connectivity index (χ1v) is 6.86. The molecule has 0 aromatic heterocycles. The zero-order valence-corrected chi connectivity index (χ0v) is 11.6. The fraction of sp³-hybridized carbons (Fsp3) is 0.500. The summed E-state index contributed by atoms with van der Waals surface area (Å²) < 4.78 is 0. The van der Waals surface area contributed by atoms with Crippen LogP contribution in [0.5, 0.6) is 0 Å². The van der Waals surface area contributed by atoms with Crippen molar-refractivity contribution in [2.24, 2.45) is 0 Å². The molecule has 2 nitrogen and oxygen atoms in total. The van der Waals surface area contributed by atoms with Crippen LogP contribution in [0.1, 0.15) is 30.9 Å². The van der Waals surface area contributed by atoms with Gasteiger partial charge in [-0.15, -0.1) is 0 Å². The van der Waals surface area contributed by atoms with Crippen LogP contribution in [0.2, 0.25) is 0 Å². The Morgan fingerprint density at radius 3 is 2.94 bits per heavy atom. The third-order valence-corrected chi connectivity index (χ3v) is 3.62. The van der Waals surface area contributed by atoms with Crippen LogP contribution in [0.15, 0.2) is 36.4 Å². The Labute approximate surface area is 111 Å². The Morgan fingerprint density at radius 1 is 1.44 bits per heavy atom. The van der Waals surface area contributed by atoms with Gasteiger partial charge in [-0.25, -0.2) is 0 Å². The smallest absolute Gasteiger partial charge is 0.0208 e. The van der Waals surface area contributed by atoms with E-state index >= 15 is 0 Å². The van der Waals surface area contributed by atoms with Gasteiger partial charge in [-0.05, 0) is 24.6 Å². The van der Waals surface area contributed by atoms with Crippen LogP contribution in [-0.2, 0) is 6.54 Å². The van der Waals surface area contributed by atoms with Crippen LogP contribution in [-0.4, -0.2) is 31.1 Å². The van der Waals surface area contributed by atoms with Gasteiger partial charge in [-0.3, -0.25) is 4.90 Å². The number of nitrogens with one attached hydrogen (secondary N) is 1. The van der Waals surface area contributed by atoms with Crippen molar-refractivity contribution in [3.8, 4) is 0 Å². The number of benzene rings is 1. The molecule has 0 radical (unpaired) electrons. The predicted octanol–water partition coefficient (Wildman–Crippen LogP) is 2.77. The molecule has 1 N–H and O–H groups in total. The summed E-state index contributed by atoms with van der Waals surface area (Å²) in [5.41, 5.74) is 4.23. The minimum Gasteiger partial charge on any atom is -0.312 e. The third-order valence-electron chi connectivity index (χ3n) is 3.62. The van der Waals surface area contributed by atoms with Crippen molar-refractivity contribution >= 4 is 0 Å². The Bertz CT molecular complexity index is 411. The first kappa shape index (κ1) is 13.3. The van der Waals surface area contributed by atoms with Gasteiger partial charge in [0.1, 0.15) is 0 Å². The van der Waals surface area contributed by atoms with Crippen molar-refractivity contribution in [2.75, 3.05) is 26.2 Å². The van der Waals surface area contributed by atoms with Gasteiger partial charge < -0.3 is 5.32 Å². The maximum Gasteiger partial charge on any atom is 0.0208 e. The quantitative estimate of drug-likeness (QED) is 0.801. The van der Waals surface area contributed by atoms with Crippen LogP contribution < -0.4 is 5.32 Å². The lowest BCUT2D eigenvalue weighted by Gasteiger charge is -2.31. The van der Waals surface area contributed by atoms with Crippen molar-refractivity contribution in [3.05, 3.63) is 47.5 Å². The van der Waals surface area contributed by atoms with Crippen molar-refractivity contribution < 1.29 is 0 Å². The average molecular weight is 244 g/mol. The van der Waals surface area contributed by atoms with E-state index in [0.717, 1.165) is 32.7 Å². The molecule has 1 heterocycles. The van der Waals surface area contributed by atoms with E-state index in [9.17, 15) is 0 Å². The molecule has 98 valence electrons. The summed E-state index contributed by atoms with van der Waals surface area (Å²) >= 11 is 0. The first-order valence-electron chi connectivity index (χ1n) is 6.86. The highest BCUT2D eigenvalue weighted by molar-refractivity contribution is 5.33. The van der Waals surface area contributed by atoms with E-state index in [1.807, 2.05) is 0 Å². The summed E-state index contributed by atoms with van der Waals surface area (Å²) in [6.07, 6.45) is 0. The molecule has 0 bridgehead atoms. The van der Waals surface area contributed by atoms with E-state index in [2.05, 4.69) is 54.9 Å². The van der Waals surface area contributed by atoms with Crippen LogP contribution in [0.4, 0.5) is 0 Å². The van der Waals surface area contributed by atoms with Gasteiger partial charge in [-0.1, -0.05) is 43.3 Å². The number of nitrogens with zero attached hydrogens (tertiary/aromatic N) is 1. The molecule has 2 heteroatoms. The number of hydrogen-bond acceptors (Lipinski definition) is 2. The number of likely N-dealkylation sites (N-methyl/N-ethyl adjacent to an activating group) is 1. The van der Waals surface area contributed by atoms with Crippen molar-refractivity contribution in [2.45, 2.75) is 26.3 Å². The van der Waals surface area contributed by atoms with E-state index in [4.69, 9.17) is 0 Å². The van der Waals surface area contributed by atoms with Crippen molar-refractivity contribution in [1.82, 2.24) is 10.2 Å². The van der Waals surface area contributed by atoms with Gasteiger partial charge >= 0.3 is 0 Å². The summed E-state index contributed by atoms with van der Waals surface area (Å²) in [5.74, 6) is 0.606. The molecule has 1 aliphatic heterocycles.